The molecule has 0 unspecified atom stereocenters. The molecule has 1 heterocycles. The molecule has 4 nitrogen and oxygen atoms in total. The first-order valence-electron chi connectivity index (χ1n) is 8.41. The molecule has 1 amide bonds. The van der Waals surface area contributed by atoms with Crippen molar-refractivity contribution >= 4 is 30.7 Å². The van der Waals surface area contributed by atoms with E-state index in [0.29, 0.717) is 18.2 Å². The van der Waals surface area contributed by atoms with E-state index in [1.807, 2.05) is 4.90 Å². The van der Waals surface area contributed by atoms with Gasteiger partial charge in [-0.3, -0.25) is 4.79 Å². The standard InChI is InChI=1S/C16H33N3O.2ClH/c1-3-9-18(10-4-2)11-5-6-16(20)19-12-7-15(14-17)8-13-19;;/h15H,3-14,17H2,1-2H3;2*1H. The largest absolute Gasteiger partial charge is 0.343 e. The molecule has 0 aliphatic carbocycles. The van der Waals surface area contributed by atoms with Gasteiger partial charge in [0.2, 0.25) is 5.91 Å². The minimum absolute atomic E-state index is 0. The van der Waals surface area contributed by atoms with Gasteiger partial charge in [-0.1, -0.05) is 13.8 Å². The third-order valence-electron chi connectivity index (χ3n) is 4.25. The molecule has 1 saturated heterocycles. The molecular weight excluding hydrogens is 321 g/mol. The summed E-state index contributed by atoms with van der Waals surface area (Å²) in [5, 5.41) is 0. The third kappa shape index (κ3) is 9.19. The molecule has 2 N–H and O–H groups in total. The van der Waals surface area contributed by atoms with E-state index >= 15 is 0 Å². The number of carbonyl (C=O) groups excluding carboxylic acids is 1. The second kappa shape index (κ2) is 14.6. The summed E-state index contributed by atoms with van der Waals surface area (Å²) in [5.74, 6) is 0.970. The van der Waals surface area contributed by atoms with Gasteiger partial charge in [-0.25, -0.2) is 0 Å². The minimum Gasteiger partial charge on any atom is -0.343 e. The van der Waals surface area contributed by atoms with E-state index < -0.39 is 0 Å². The SMILES string of the molecule is CCCN(CCC)CCCC(=O)N1CCC(CN)CC1.Cl.Cl. The van der Waals surface area contributed by atoms with Crippen LogP contribution in [-0.4, -0.2) is 55.0 Å². The maximum atomic E-state index is 12.2. The smallest absolute Gasteiger partial charge is 0.222 e. The zero-order valence-corrected chi connectivity index (χ0v) is 15.9. The maximum absolute atomic E-state index is 12.2. The Morgan fingerprint density at radius 1 is 1.09 bits per heavy atom. The summed E-state index contributed by atoms with van der Waals surface area (Å²) in [6.07, 6.45) is 6.26. The van der Waals surface area contributed by atoms with Crippen LogP contribution in [-0.2, 0) is 4.79 Å². The number of halogens is 2. The van der Waals surface area contributed by atoms with Gasteiger partial charge in [-0.05, 0) is 64.2 Å². The number of piperidine rings is 1. The number of rotatable bonds is 9. The monoisotopic (exact) mass is 355 g/mol. The summed E-state index contributed by atoms with van der Waals surface area (Å²) in [5.41, 5.74) is 5.69. The molecule has 0 bridgehead atoms. The Morgan fingerprint density at radius 3 is 2.09 bits per heavy atom. The first-order valence-corrected chi connectivity index (χ1v) is 8.41. The molecule has 0 aromatic rings. The van der Waals surface area contributed by atoms with Crippen molar-refractivity contribution in [2.45, 2.75) is 52.4 Å². The van der Waals surface area contributed by atoms with E-state index in [1.54, 1.807) is 0 Å². The van der Waals surface area contributed by atoms with Crippen molar-refractivity contribution in [2.24, 2.45) is 11.7 Å². The third-order valence-corrected chi connectivity index (χ3v) is 4.25. The second-order valence-corrected chi connectivity index (χ2v) is 6.01. The molecule has 0 radical (unpaired) electrons. The van der Waals surface area contributed by atoms with Crippen molar-refractivity contribution in [2.75, 3.05) is 39.3 Å². The van der Waals surface area contributed by atoms with Crippen molar-refractivity contribution < 1.29 is 4.79 Å². The molecule has 1 aliphatic rings. The lowest BCUT2D eigenvalue weighted by Crippen LogP contribution is -2.40. The first kappa shape index (κ1) is 24.2. The molecule has 0 spiro atoms. The lowest BCUT2D eigenvalue weighted by Gasteiger charge is -2.31. The highest BCUT2D eigenvalue weighted by Gasteiger charge is 2.21. The highest BCUT2D eigenvalue weighted by Crippen LogP contribution is 2.16. The van der Waals surface area contributed by atoms with Crippen molar-refractivity contribution in [1.29, 1.82) is 0 Å². The van der Waals surface area contributed by atoms with E-state index in [-0.39, 0.29) is 24.8 Å². The average Bonchev–Trinajstić information content (AvgIpc) is 2.47. The fourth-order valence-corrected chi connectivity index (χ4v) is 3.00. The zero-order valence-electron chi connectivity index (χ0n) is 14.3. The Labute approximate surface area is 149 Å². The highest BCUT2D eigenvalue weighted by atomic mass is 35.5. The van der Waals surface area contributed by atoms with Crippen LogP contribution in [0.2, 0.25) is 0 Å². The zero-order chi connectivity index (χ0) is 14.8. The van der Waals surface area contributed by atoms with Crippen LogP contribution in [0.15, 0.2) is 0 Å². The van der Waals surface area contributed by atoms with Crippen LogP contribution in [0.5, 0.6) is 0 Å². The topological polar surface area (TPSA) is 49.6 Å². The van der Waals surface area contributed by atoms with E-state index in [1.165, 1.54) is 12.8 Å². The van der Waals surface area contributed by atoms with Gasteiger partial charge >= 0.3 is 0 Å². The summed E-state index contributed by atoms with van der Waals surface area (Å²) >= 11 is 0. The lowest BCUT2D eigenvalue weighted by atomic mass is 9.97. The fourth-order valence-electron chi connectivity index (χ4n) is 3.00. The molecule has 1 aliphatic heterocycles. The van der Waals surface area contributed by atoms with Gasteiger partial charge in [-0.2, -0.15) is 0 Å². The van der Waals surface area contributed by atoms with Gasteiger partial charge < -0.3 is 15.5 Å². The molecule has 22 heavy (non-hydrogen) atoms. The maximum Gasteiger partial charge on any atom is 0.222 e. The number of carbonyl (C=O) groups is 1. The molecule has 1 rings (SSSR count). The summed E-state index contributed by atoms with van der Waals surface area (Å²) in [7, 11) is 0. The molecule has 0 atom stereocenters. The molecule has 0 saturated carbocycles. The summed E-state index contributed by atoms with van der Waals surface area (Å²) in [4.78, 5) is 16.7. The van der Waals surface area contributed by atoms with E-state index in [4.69, 9.17) is 5.73 Å². The van der Waals surface area contributed by atoms with Gasteiger partial charge in [-0.15, -0.1) is 24.8 Å². The van der Waals surface area contributed by atoms with Crippen molar-refractivity contribution in [3.05, 3.63) is 0 Å². The molecule has 0 aromatic heterocycles. The van der Waals surface area contributed by atoms with Crippen molar-refractivity contribution in [1.82, 2.24) is 9.80 Å². The summed E-state index contributed by atoms with van der Waals surface area (Å²) < 4.78 is 0. The first-order chi connectivity index (χ1) is 9.71. The number of nitrogens with zero attached hydrogens (tertiary/aromatic N) is 2. The Morgan fingerprint density at radius 2 is 1.64 bits per heavy atom. The Kier molecular flexibility index (Phi) is 16.0. The Bertz CT molecular complexity index is 266. The molecule has 6 heteroatoms. The molecule has 1 fully saturated rings. The Hall–Kier alpha value is -0.0300. The highest BCUT2D eigenvalue weighted by molar-refractivity contribution is 5.85. The van der Waals surface area contributed by atoms with Gasteiger partial charge in [0.15, 0.2) is 0 Å². The Balaban J connectivity index is 0. The summed E-state index contributed by atoms with van der Waals surface area (Å²) in [6.45, 7) is 10.4. The van der Waals surface area contributed by atoms with Crippen LogP contribution in [0.25, 0.3) is 0 Å². The van der Waals surface area contributed by atoms with Crippen LogP contribution in [0.1, 0.15) is 52.4 Å². The number of likely N-dealkylation sites (tertiary alicyclic amines) is 1. The van der Waals surface area contributed by atoms with Gasteiger partial charge in [0.1, 0.15) is 0 Å². The van der Waals surface area contributed by atoms with Crippen LogP contribution >= 0.6 is 24.8 Å². The number of nitrogens with two attached hydrogens (primary N) is 1. The quantitative estimate of drug-likeness (QED) is 0.691. The van der Waals surface area contributed by atoms with Gasteiger partial charge in [0.05, 0.1) is 0 Å². The van der Waals surface area contributed by atoms with E-state index in [2.05, 4.69) is 18.7 Å². The summed E-state index contributed by atoms with van der Waals surface area (Å²) in [6, 6.07) is 0. The average molecular weight is 356 g/mol. The van der Waals surface area contributed by atoms with Crippen molar-refractivity contribution in [3.8, 4) is 0 Å². The molecular formula is C16H35Cl2N3O. The lowest BCUT2D eigenvalue weighted by molar-refractivity contribution is -0.132. The normalized spacial score (nSPS) is 15.4. The van der Waals surface area contributed by atoms with Crippen LogP contribution in [0.4, 0.5) is 0 Å². The predicted octanol–water partition coefficient (Wildman–Crippen LogP) is 2.93. The number of hydrogen-bond acceptors (Lipinski definition) is 3. The molecule has 134 valence electrons. The fraction of sp³-hybridized carbons (Fsp3) is 0.938. The predicted molar refractivity (Wildman–Crippen MR) is 99.1 cm³/mol. The van der Waals surface area contributed by atoms with Gasteiger partial charge in [0, 0.05) is 19.5 Å². The van der Waals surface area contributed by atoms with Crippen molar-refractivity contribution in [3.63, 3.8) is 0 Å². The number of amides is 1. The van der Waals surface area contributed by atoms with E-state index in [9.17, 15) is 4.79 Å². The minimum atomic E-state index is 0. The molecule has 0 aromatic carbocycles. The van der Waals surface area contributed by atoms with Crippen LogP contribution < -0.4 is 5.73 Å². The van der Waals surface area contributed by atoms with Crippen LogP contribution in [0, 0.1) is 5.92 Å². The van der Waals surface area contributed by atoms with E-state index in [0.717, 1.165) is 58.5 Å². The number of hydrogen-bond donors (Lipinski definition) is 1. The van der Waals surface area contributed by atoms with Crippen LogP contribution in [0.3, 0.4) is 0 Å². The second-order valence-electron chi connectivity index (χ2n) is 6.01. The van der Waals surface area contributed by atoms with Gasteiger partial charge in [0.25, 0.3) is 0 Å².